The van der Waals surface area contributed by atoms with Crippen molar-refractivity contribution in [2.45, 2.75) is 37.3 Å². The van der Waals surface area contributed by atoms with Crippen molar-refractivity contribution in [1.82, 2.24) is 15.8 Å². The van der Waals surface area contributed by atoms with Gasteiger partial charge in [0.25, 0.3) is 0 Å². The van der Waals surface area contributed by atoms with Gasteiger partial charge in [-0.15, -0.1) is 0 Å². The van der Waals surface area contributed by atoms with E-state index in [-0.39, 0.29) is 39.5 Å². The Balaban J connectivity index is 1.45. The Kier molecular flexibility index (Phi) is 8.15. The van der Waals surface area contributed by atoms with Gasteiger partial charge in [-0.25, -0.2) is 13.4 Å². The lowest BCUT2D eigenvalue weighted by Gasteiger charge is -2.32. The van der Waals surface area contributed by atoms with E-state index in [0.717, 1.165) is 32.0 Å². The SMILES string of the molecule is CS(=O)(=O)CCCN1CCC(Oc2ccc(-c3c(Cl)cc(C4(N)N=C(N)NN4)cc3C(F)(F)F)cc2)CC1. The van der Waals surface area contributed by atoms with Gasteiger partial charge in [0.2, 0.25) is 11.7 Å². The van der Waals surface area contributed by atoms with Crippen LogP contribution in [0.2, 0.25) is 5.02 Å². The molecule has 0 radical (unpaired) electrons. The number of aliphatic imine (C=N–C) groups is 1. The topological polar surface area (TPSA) is 135 Å². The number of piperidine rings is 1. The first-order chi connectivity index (χ1) is 17.7. The van der Waals surface area contributed by atoms with E-state index < -0.39 is 27.4 Å². The Labute approximate surface area is 224 Å². The summed E-state index contributed by atoms with van der Waals surface area (Å²) in [6.45, 7) is 2.28. The number of nitrogens with zero attached hydrogens (tertiary/aromatic N) is 2. The van der Waals surface area contributed by atoms with Gasteiger partial charge in [-0.2, -0.15) is 18.6 Å². The fraction of sp³-hybridized carbons (Fsp3) is 0.458. The first-order valence-electron chi connectivity index (χ1n) is 12.0. The number of alkyl halides is 3. The molecule has 2 aliphatic heterocycles. The molecular formula is C24H30ClF3N6O3S. The van der Waals surface area contributed by atoms with Crippen LogP contribution in [0.15, 0.2) is 41.4 Å². The summed E-state index contributed by atoms with van der Waals surface area (Å²) in [4.78, 5) is 6.14. The summed E-state index contributed by atoms with van der Waals surface area (Å²) < 4.78 is 70.9. The maximum Gasteiger partial charge on any atom is 0.417 e. The van der Waals surface area contributed by atoms with Gasteiger partial charge in [0.15, 0.2) is 0 Å². The zero-order valence-corrected chi connectivity index (χ0v) is 22.3. The van der Waals surface area contributed by atoms with Gasteiger partial charge in [-0.05, 0) is 55.6 Å². The van der Waals surface area contributed by atoms with E-state index in [0.29, 0.717) is 18.7 Å². The van der Waals surface area contributed by atoms with E-state index >= 15 is 0 Å². The Bertz CT molecular complexity index is 1300. The number of hydrogen-bond acceptors (Lipinski definition) is 9. The van der Waals surface area contributed by atoms with Crippen molar-refractivity contribution < 1.29 is 26.3 Å². The number of rotatable bonds is 8. The van der Waals surface area contributed by atoms with Crippen LogP contribution in [0.1, 0.15) is 30.4 Å². The highest BCUT2D eigenvalue weighted by molar-refractivity contribution is 7.90. The largest absolute Gasteiger partial charge is 0.490 e. The molecule has 0 saturated carbocycles. The molecule has 2 aliphatic rings. The summed E-state index contributed by atoms with van der Waals surface area (Å²) in [6, 6.07) is 8.56. The summed E-state index contributed by atoms with van der Waals surface area (Å²) in [5.74, 6) is -1.05. The van der Waals surface area contributed by atoms with Gasteiger partial charge in [0.05, 0.1) is 11.3 Å². The first-order valence-corrected chi connectivity index (χ1v) is 14.4. The van der Waals surface area contributed by atoms with Gasteiger partial charge < -0.3 is 15.4 Å². The van der Waals surface area contributed by atoms with Crippen molar-refractivity contribution >= 4 is 27.4 Å². The Hall–Kier alpha value is -2.58. The third kappa shape index (κ3) is 6.89. The van der Waals surface area contributed by atoms with Crippen molar-refractivity contribution in [3.8, 4) is 16.9 Å². The second-order valence-electron chi connectivity index (χ2n) is 9.56. The monoisotopic (exact) mass is 574 g/mol. The minimum atomic E-state index is -4.71. The van der Waals surface area contributed by atoms with Crippen LogP contribution in [0.5, 0.6) is 5.75 Å². The molecule has 14 heteroatoms. The zero-order chi connectivity index (χ0) is 27.7. The lowest BCUT2D eigenvalue weighted by atomic mass is 9.95. The first kappa shape index (κ1) is 28.4. The highest BCUT2D eigenvalue weighted by Gasteiger charge is 2.39. The van der Waals surface area contributed by atoms with Gasteiger partial charge >= 0.3 is 6.18 Å². The molecule has 0 aromatic heterocycles. The zero-order valence-electron chi connectivity index (χ0n) is 20.7. The lowest BCUT2D eigenvalue weighted by Crippen LogP contribution is -2.50. The molecule has 0 bridgehead atoms. The second-order valence-corrected chi connectivity index (χ2v) is 12.2. The lowest BCUT2D eigenvalue weighted by molar-refractivity contribution is -0.137. The third-order valence-corrected chi connectivity index (χ3v) is 7.81. The van der Waals surface area contributed by atoms with Crippen LogP contribution in [0.25, 0.3) is 11.1 Å². The predicted octanol–water partition coefficient (Wildman–Crippen LogP) is 2.80. The molecule has 208 valence electrons. The second kappa shape index (κ2) is 10.9. The van der Waals surface area contributed by atoms with Crippen LogP contribution in [-0.2, 0) is 21.8 Å². The molecule has 4 rings (SSSR count). The summed E-state index contributed by atoms with van der Waals surface area (Å²) >= 11 is 6.37. The fourth-order valence-electron chi connectivity index (χ4n) is 4.58. The number of hydrogen-bond donors (Lipinski definition) is 4. The van der Waals surface area contributed by atoms with E-state index in [1.807, 2.05) is 0 Å². The van der Waals surface area contributed by atoms with Gasteiger partial charge in [-0.3, -0.25) is 11.2 Å². The smallest absolute Gasteiger partial charge is 0.417 e. The van der Waals surface area contributed by atoms with Crippen LogP contribution < -0.4 is 27.1 Å². The van der Waals surface area contributed by atoms with E-state index in [2.05, 4.69) is 20.7 Å². The van der Waals surface area contributed by atoms with Crippen molar-refractivity contribution in [2.75, 3.05) is 31.6 Å². The number of benzene rings is 2. The van der Waals surface area contributed by atoms with Crippen molar-refractivity contribution in [1.29, 1.82) is 0 Å². The normalized spacial score (nSPS) is 21.3. The van der Waals surface area contributed by atoms with E-state index in [1.54, 1.807) is 12.1 Å². The molecule has 1 fully saturated rings. The predicted molar refractivity (Wildman–Crippen MR) is 140 cm³/mol. The number of nitrogens with two attached hydrogens (primary N) is 2. The molecule has 2 aromatic rings. The minimum Gasteiger partial charge on any atom is -0.490 e. The maximum atomic E-state index is 14.1. The Morgan fingerprint density at radius 2 is 1.87 bits per heavy atom. The molecule has 0 spiro atoms. The molecule has 1 unspecified atom stereocenters. The number of nitrogens with one attached hydrogen (secondary N) is 2. The minimum absolute atomic E-state index is 0.00543. The standard InChI is InChI=1S/C24H30ClF3N6O3S/c1-38(35,36)12-2-9-34-10-7-18(8-11-34)37-17-5-3-15(4-6-17)21-19(23(26,27)28)13-16(14-20(21)25)24(30)31-22(29)32-33-24/h3-6,13-14,18,33H,2,7-12,30H2,1H3,(H3,29,31,32). The number of guanidine groups is 1. The van der Waals surface area contributed by atoms with Crippen LogP contribution in [0.4, 0.5) is 13.2 Å². The van der Waals surface area contributed by atoms with Crippen molar-refractivity contribution in [2.24, 2.45) is 16.5 Å². The average molecular weight is 575 g/mol. The Morgan fingerprint density at radius 1 is 1.21 bits per heavy atom. The number of likely N-dealkylation sites (tertiary alicyclic amines) is 1. The highest BCUT2D eigenvalue weighted by atomic mass is 35.5. The summed E-state index contributed by atoms with van der Waals surface area (Å²) in [5.41, 5.74) is 15.8. The van der Waals surface area contributed by atoms with Crippen LogP contribution in [0.3, 0.4) is 0 Å². The molecule has 0 amide bonds. The van der Waals surface area contributed by atoms with Crippen molar-refractivity contribution in [3.63, 3.8) is 0 Å². The van der Waals surface area contributed by atoms with Crippen LogP contribution in [0, 0.1) is 0 Å². The van der Waals surface area contributed by atoms with Gasteiger partial charge in [0.1, 0.15) is 21.7 Å². The molecule has 2 aromatic carbocycles. The molecule has 9 nitrogen and oxygen atoms in total. The Morgan fingerprint density at radius 3 is 2.42 bits per heavy atom. The summed E-state index contributed by atoms with van der Waals surface area (Å²) in [6.07, 6.45) is -1.39. The number of ether oxygens (including phenoxy) is 1. The van der Waals surface area contributed by atoms with Crippen LogP contribution >= 0.6 is 11.6 Å². The summed E-state index contributed by atoms with van der Waals surface area (Å²) in [7, 11) is -2.97. The van der Waals surface area contributed by atoms with Crippen LogP contribution in [-0.4, -0.2) is 57.0 Å². The molecule has 2 heterocycles. The average Bonchev–Trinajstić information content (AvgIpc) is 3.18. The highest BCUT2D eigenvalue weighted by Crippen LogP contribution is 2.43. The molecule has 1 saturated heterocycles. The maximum absolute atomic E-state index is 14.1. The van der Waals surface area contributed by atoms with Gasteiger partial charge in [-0.1, -0.05) is 23.7 Å². The quantitative estimate of drug-likeness (QED) is 0.378. The number of sulfone groups is 1. The fourth-order valence-corrected chi connectivity index (χ4v) is 5.56. The molecule has 6 N–H and O–H groups in total. The molecule has 1 atom stereocenters. The number of halogens is 4. The van der Waals surface area contributed by atoms with E-state index in [9.17, 15) is 21.6 Å². The molecular weight excluding hydrogens is 545 g/mol. The summed E-state index contributed by atoms with van der Waals surface area (Å²) in [5, 5.41) is -0.140. The van der Waals surface area contributed by atoms with Gasteiger partial charge in [0, 0.05) is 35.5 Å². The molecule has 0 aliphatic carbocycles. The van der Waals surface area contributed by atoms with E-state index in [4.69, 9.17) is 27.8 Å². The number of hydrazine groups is 1. The van der Waals surface area contributed by atoms with Crippen molar-refractivity contribution in [3.05, 3.63) is 52.5 Å². The third-order valence-electron chi connectivity index (χ3n) is 6.48. The van der Waals surface area contributed by atoms with E-state index in [1.165, 1.54) is 24.5 Å². The molecule has 38 heavy (non-hydrogen) atoms.